The first kappa shape index (κ1) is 22.7. The van der Waals surface area contributed by atoms with Crippen molar-refractivity contribution < 1.29 is 0 Å². The van der Waals surface area contributed by atoms with Crippen LogP contribution in [0.15, 0.2) is 12.1 Å². The van der Waals surface area contributed by atoms with Gasteiger partial charge >= 0.3 is 0 Å². The molecule has 0 amide bonds. The van der Waals surface area contributed by atoms with Crippen molar-refractivity contribution >= 4 is 16.7 Å². The van der Waals surface area contributed by atoms with Crippen molar-refractivity contribution in [3.8, 4) is 0 Å². The highest BCUT2D eigenvalue weighted by Gasteiger charge is 2.07. The van der Waals surface area contributed by atoms with Crippen LogP contribution >= 0.6 is 0 Å². The molecule has 1 aromatic heterocycles. The number of nitrogens with two attached hydrogens (primary N) is 1. The van der Waals surface area contributed by atoms with Crippen LogP contribution in [0.25, 0.3) is 11.0 Å². The van der Waals surface area contributed by atoms with Gasteiger partial charge in [0.25, 0.3) is 0 Å². The molecule has 0 saturated carbocycles. The molecule has 1 heterocycles. The van der Waals surface area contributed by atoms with E-state index in [-0.39, 0.29) is 0 Å². The number of fused-ring (bicyclic) bond motifs is 1. The standard InChI is InChI=1S/C24H42N4/c1-2-3-4-5-6-7-8-9-10-11-12-13-14-15-16-17-18-21-19-20-22-24(23(21)25)27-28-26-22/h19-20H,2-18,25H2,1H3,(H,26,27,28). The van der Waals surface area contributed by atoms with Gasteiger partial charge in [-0.15, -0.1) is 5.10 Å². The monoisotopic (exact) mass is 386 g/mol. The Morgan fingerprint density at radius 1 is 0.714 bits per heavy atom. The minimum Gasteiger partial charge on any atom is -0.397 e. The number of nitrogens with one attached hydrogen (secondary N) is 1. The molecule has 0 atom stereocenters. The van der Waals surface area contributed by atoms with Gasteiger partial charge in [-0.05, 0) is 24.5 Å². The molecular formula is C24H42N4. The number of hydrogen-bond acceptors (Lipinski definition) is 3. The largest absolute Gasteiger partial charge is 0.397 e. The maximum atomic E-state index is 6.21. The fraction of sp³-hybridized carbons (Fsp3) is 0.750. The van der Waals surface area contributed by atoms with Gasteiger partial charge in [-0.2, -0.15) is 0 Å². The average molecular weight is 387 g/mol. The van der Waals surface area contributed by atoms with Crippen molar-refractivity contribution in [2.24, 2.45) is 0 Å². The number of benzene rings is 1. The molecule has 0 saturated heterocycles. The lowest BCUT2D eigenvalue weighted by atomic mass is 10.0. The Balaban J connectivity index is 1.36. The molecule has 4 heteroatoms. The second-order valence-corrected chi connectivity index (χ2v) is 8.40. The summed E-state index contributed by atoms with van der Waals surface area (Å²) >= 11 is 0. The van der Waals surface area contributed by atoms with Gasteiger partial charge in [0.15, 0.2) is 0 Å². The van der Waals surface area contributed by atoms with Crippen LogP contribution in [-0.4, -0.2) is 15.4 Å². The number of aromatic amines is 1. The van der Waals surface area contributed by atoms with Crippen LogP contribution in [0, 0.1) is 0 Å². The number of nitrogens with zero attached hydrogens (tertiary/aromatic N) is 2. The molecule has 2 rings (SSSR count). The molecular weight excluding hydrogens is 344 g/mol. The van der Waals surface area contributed by atoms with Gasteiger partial charge in [0, 0.05) is 0 Å². The number of nitrogen functional groups attached to an aromatic ring is 1. The zero-order valence-electron chi connectivity index (χ0n) is 18.1. The number of hydrogen-bond donors (Lipinski definition) is 2. The number of H-pyrrole nitrogens is 1. The van der Waals surface area contributed by atoms with Crippen LogP contribution in [0.4, 0.5) is 5.69 Å². The van der Waals surface area contributed by atoms with Gasteiger partial charge in [0.2, 0.25) is 0 Å². The molecule has 1 aromatic carbocycles. The smallest absolute Gasteiger partial charge is 0.136 e. The van der Waals surface area contributed by atoms with Gasteiger partial charge in [-0.1, -0.05) is 115 Å². The molecule has 0 aliphatic carbocycles. The van der Waals surface area contributed by atoms with E-state index >= 15 is 0 Å². The van der Waals surface area contributed by atoms with E-state index in [0.29, 0.717) is 0 Å². The van der Waals surface area contributed by atoms with Crippen molar-refractivity contribution in [3.05, 3.63) is 17.7 Å². The highest BCUT2D eigenvalue weighted by Crippen LogP contribution is 2.23. The summed E-state index contributed by atoms with van der Waals surface area (Å²) in [6, 6.07) is 4.15. The Morgan fingerprint density at radius 3 is 1.75 bits per heavy atom. The van der Waals surface area contributed by atoms with Crippen LogP contribution in [0.2, 0.25) is 0 Å². The van der Waals surface area contributed by atoms with E-state index in [0.717, 1.165) is 23.1 Å². The minimum atomic E-state index is 0.798. The lowest BCUT2D eigenvalue weighted by Gasteiger charge is -2.06. The summed E-state index contributed by atoms with van der Waals surface area (Å²) in [6.07, 6.45) is 23.5. The first-order chi connectivity index (χ1) is 13.8. The third kappa shape index (κ3) is 8.62. The second kappa shape index (κ2) is 14.4. The Bertz CT molecular complexity index is 635. The zero-order valence-corrected chi connectivity index (χ0v) is 18.1. The normalized spacial score (nSPS) is 11.5. The quantitative estimate of drug-likeness (QED) is 0.221. The molecule has 4 nitrogen and oxygen atoms in total. The fourth-order valence-corrected chi connectivity index (χ4v) is 4.06. The van der Waals surface area contributed by atoms with E-state index < -0.39 is 0 Å². The number of rotatable bonds is 17. The van der Waals surface area contributed by atoms with E-state index in [4.69, 9.17) is 5.73 Å². The number of aromatic nitrogens is 3. The van der Waals surface area contributed by atoms with Crippen LogP contribution in [-0.2, 0) is 6.42 Å². The molecule has 0 aliphatic heterocycles. The molecule has 0 fully saturated rings. The summed E-state index contributed by atoms with van der Waals surface area (Å²) in [7, 11) is 0. The Hall–Kier alpha value is -1.58. The maximum absolute atomic E-state index is 6.21. The van der Waals surface area contributed by atoms with E-state index in [1.54, 1.807) is 0 Å². The maximum Gasteiger partial charge on any atom is 0.136 e. The van der Waals surface area contributed by atoms with E-state index in [1.807, 2.05) is 6.07 Å². The molecule has 0 aliphatic rings. The van der Waals surface area contributed by atoms with Gasteiger partial charge in [-0.3, -0.25) is 5.10 Å². The number of unbranched alkanes of at least 4 members (excludes halogenated alkanes) is 15. The van der Waals surface area contributed by atoms with Crippen molar-refractivity contribution in [2.45, 2.75) is 116 Å². The van der Waals surface area contributed by atoms with Crippen molar-refractivity contribution in [1.82, 2.24) is 15.4 Å². The van der Waals surface area contributed by atoms with Gasteiger partial charge < -0.3 is 5.73 Å². The Labute approximate surface area is 172 Å². The lowest BCUT2D eigenvalue weighted by molar-refractivity contribution is 0.529. The van der Waals surface area contributed by atoms with E-state index in [1.165, 1.54) is 108 Å². The number of anilines is 1. The highest BCUT2D eigenvalue weighted by molar-refractivity contribution is 5.87. The van der Waals surface area contributed by atoms with E-state index in [9.17, 15) is 0 Å². The third-order valence-electron chi connectivity index (χ3n) is 5.93. The first-order valence-electron chi connectivity index (χ1n) is 11.9. The Morgan fingerprint density at radius 2 is 1.21 bits per heavy atom. The highest BCUT2D eigenvalue weighted by atomic mass is 15.3. The predicted molar refractivity (Wildman–Crippen MR) is 122 cm³/mol. The van der Waals surface area contributed by atoms with Crippen molar-refractivity contribution in [2.75, 3.05) is 5.73 Å². The molecule has 0 radical (unpaired) electrons. The van der Waals surface area contributed by atoms with Gasteiger partial charge in [0.05, 0.1) is 11.2 Å². The molecule has 28 heavy (non-hydrogen) atoms. The third-order valence-corrected chi connectivity index (χ3v) is 5.93. The summed E-state index contributed by atoms with van der Waals surface area (Å²) in [5, 5.41) is 10.8. The van der Waals surface area contributed by atoms with Crippen LogP contribution < -0.4 is 5.73 Å². The van der Waals surface area contributed by atoms with Gasteiger partial charge in [-0.25, -0.2) is 0 Å². The average Bonchev–Trinajstić information content (AvgIpc) is 3.19. The summed E-state index contributed by atoms with van der Waals surface area (Å²) in [5.41, 5.74) is 9.96. The molecule has 2 aromatic rings. The summed E-state index contributed by atoms with van der Waals surface area (Å²) in [4.78, 5) is 0. The first-order valence-corrected chi connectivity index (χ1v) is 11.9. The van der Waals surface area contributed by atoms with Crippen molar-refractivity contribution in [1.29, 1.82) is 0 Å². The summed E-state index contributed by atoms with van der Waals surface area (Å²) < 4.78 is 0. The predicted octanol–water partition coefficient (Wildman–Crippen LogP) is 7.34. The lowest BCUT2D eigenvalue weighted by Crippen LogP contribution is -1.96. The summed E-state index contributed by atoms with van der Waals surface area (Å²) in [5.74, 6) is 0. The molecule has 158 valence electrons. The molecule has 0 spiro atoms. The van der Waals surface area contributed by atoms with Gasteiger partial charge in [0.1, 0.15) is 5.52 Å². The van der Waals surface area contributed by atoms with Crippen molar-refractivity contribution in [3.63, 3.8) is 0 Å². The number of aryl methyl sites for hydroxylation is 1. The molecule has 0 unspecified atom stereocenters. The minimum absolute atomic E-state index is 0.798. The fourth-order valence-electron chi connectivity index (χ4n) is 4.06. The van der Waals surface area contributed by atoms with Crippen LogP contribution in [0.5, 0.6) is 0 Å². The Kier molecular flexibility index (Phi) is 11.7. The summed E-state index contributed by atoms with van der Waals surface area (Å²) in [6.45, 7) is 2.29. The van der Waals surface area contributed by atoms with Crippen LogP contribution in [0.1, 0.15) is 115 Å². The molecule has 0 bridgehead atoms. The molecule has 3 N–H and O–H groups in total. The van der Waals surface area contributed by atoms with Crippen LogP contribution in [0.3, 0.4) is 0 Å². The second-order valence-electron chi connectivity index (χ2n) is 8.40. The SMILES string of the molecule is CCCCCCCCCCCCCCCCCCc1ccc2[nH]nnc2c1N. The topological polar surface area (TPSA) is 67.6 Å². The zero-order chi connectivity index (χ0) is 19.9. The van der Waals surface area contributed by atoms with E-state index in [2.05, 4.69) is 28.4 Å².